The Morgan fingerprint density at radius 3 is 1.63 bits per heavy atom. The number of hydrogen-bond donors (Lipinski definition) is 1. The molecule has 1 aliphatic rings. The van der Waals surface area contributed by atoms with Crippen LogP contribution in [0.15, 0.2) is 0 Å². The normalized spacial score (nSPS) is 30.6. The molecule has 0 aromatic carbocycles. The van der Waals surface area contributed by atoms with Crippen LogP contribution in [0, 0.1) is 0 Å². The van der Waals surface area contributed by atoms with E-state index in [4.69, 9.17) is 22.8 Å². The molecule has 0 aliphatic carbocycles. The number of aliphatic hydroxyl groups is 1. The average molecular weight is 504 g/mol. The highest BCUT2D eigenvalue weighted by molar-refractivity contribution is 9.09. The smallest absolute Gasteiger partial charge is 0.185 e. The van der Waals surface area contributed by atoms with Crippen LogP contribution in [0.3, 0.4) is 0 Å². The lowest BCUT2D eigenvalue weighted by molar-refractivity contribution is -0.289. The Kier molecular flexibility index (Phi) is 9.86. The molecule has 1 aliphatic heterocycles. The summed E-state index contributed by atoms with van der Waals surface area (Å²) in [5, 5.41) is 10.7. The van der Waals surface area contributed by atoms with Gasteiger partial charge in [-0.25, -0.2) is 0 Å². The molecule has 5 atom stereocenters. The maximum absolute atomic E-state index is 10.0. The van der Waals surface area contributed by atoms with Crippen molar-refractivity contribution < 1.29 is 27.9 Å². The second-order valence-corrected chi connectivity index (χ2v) is 24.0. The van der Waals surface area contributed by atoms with Gasteiger partial charge in [0.05, 0.1) is 13.2 Å². The Labute approximate surface area is 176 Å². The molecule has 0 aromatic rings. The predicted molar refractivity (Wildman–Crippen MR) is 120 cm³/mol. The number of aliphatic hydroxyl groups excluding tert-OH is 1. The molecule has 162 valence electrons. The number of ether oxygens (including phenoxy) is 2. The molecule has 0 amide bonds. The van der Waals surface area contributed by atoms with Gasteiger partial charge in [-0.15, -0.1) is 0 Å². The van der Waals surface area contributed by atoms with Gasteiger partial charge in [-0.3, -0.25) is 0 Å². The molecular formula is C17H39BrO6Si3. The molecule has 0 saturated carbocycles. The van der Waals surface area contributed by atoms with E-state index >= 15 is 0 Å². The number of alkyl halides is 1. The number of halogens is 1. The predicted octanol–water partition coefficient (Wildman–Crippen LogP) is 3.78. The summed E-state index contributed by atoms with van der Waals surface area (Å²) in [5.74, 6) is 0. The average Bonchev–Trinajstić information content (AvgIpc) is 2.45. The second-order valence-electron chi connectivity index (χ2n) is 9.87. The standard InChI is InChI=1S/C17H39BrO6Si3/c1-25(2,3)22-14-13(12-19)21-17(20-11-10-18)16(24-27(7,8)9)15(14)23-26(4,5)6/h13-17,19H,10-12H2,1-9H3/t13-,14-,15+,16+,17+/m1/s1. The van der Waals surface area contributed by atoms with Crippen LogP contribution in [0.5, 0.6) is 0 Å². The fourth-order valence-electron chi connectivity index (χ4n) is 2.95. The maximum Gasteiger partial charge on any atom is 0.185 e. The lowest BCUT2D eigenvalue weighted by Crippen LogP contribution is -2.66. The summed E-state index contributed by atoms with van der Waals surface area (Å²) in [5.41, 5.74) is 0. The molecule has 0 unspecified atom stereocenters. The third-order valence-electron chi connectivity index (χ3n) is 3.60. The summed E-state index contributed by atoms with van der Waals surface area (Å²) in [7, 11) is -5.72. The molecule has 1 N–H and O–H groups in total. The Morgan fingerprint density at radius 1 is 0.778 bits per heavy atom. The van der Waals surface area contributed by atoms with E-state index in [1.54, 1.807) is 0 Å². The first kappa shape index (κ1) is 25.9. The third kappa shape index (κ3) is 9.49. The summed E-state index contributed by atoms with van der Waals surface area (Å²) < 4.78 is 31.6. The first-order valence-electron chi connectivity index (χ1n) is 9.64. The van der Waals surface area contributed by atoms with Crippen LogP contribution in [-0.2, 0) is 22.8 Å². The molecule has 0 spiro atoms. The SMILES string of the molecule is C[Si](C)(C)O[C@@H]1[C@H](O[Si](C)(C)C)[C@@H](OCCBr)O[C@H](CO)[C@H]1O[Si](C)(C)C. The molecule has 0 bridgehead atoms. The lowest BCUT2D eigenvalue weighted by Gasteiger charge is -2.50. The molecule has 1 heterocycles. The highest BCUT2D eigenvalue weighted by Crippen LogP contribution is 2.33. The summed E-state index contributed by atoms with van der Waals surface area (Å²) in [6.07, 6.45) is -2.18. The number of hydrogen-bond acceptors (Lipinski definition) is 6. The van der Waals surface area contributed by atoms with Gasteiger partial charge in [0.2, 0.25) is 0 Å². The second kappa shape index (κ2) is 10.3. The van der Waals surface area contributed by atoms with E-state index in [2.05, 4.69) is 74.9 Å². The first-order valence-corrected chi connectivity index (χ1v) is 21.0. The quantitative estimate of drug-likeness (QED) is 0.362. The van der Waals surface area contributed by atoms with Crippen molar-refractivity contribution in [3.05, 3.63) is 0 Å². The Hall–Kier alpha value is 0.891. The Morgan fingerprint density at radius 2 is 1.22 bits per heavy atom. The highest BCUT2D eigenvalue weighted by atomic mass is 79.9. The zero-order valence-electron chi connectivity index (χ0n) is 18.4. The van der Waals surface area contributed by atoms with E-state index in [0.717, 1.165) is 0 Å². The van der Waals surface area contributed by atoms with Gasteiger partial charge in [0.1, 0.15) is 24.4 Å². The molecule has 6 nitrogen and oxygen atoms in total. The summed E-state index contributed by atoms with van der Waals surface area (Å²) in [6, 6.07) is 0. The van der Waals surface area contributed by atoms with Crippen molar-refractivity contribution in [2.75, 3.05) is 18.5 Å². The molecule has 0 aromatic heterocycles. The Balaban J connectivity index is 3.30. The number of rotatable bonds is 10. The van der Waals surface area contributed by atoms with Crippen LogP contribution in [0.2, 0.25) is 58.9 Å². The summed E-state index contributed by atoms with van der Waals surface area (Å²) in [4.78, 5) is 0. The minimum atomic E-state index is -1.91. The maximum atomic E-state index is 10.0. The van der Waals surface area contributed by atoms with Gasteiger partial charge in [0.25, 0.3) is 0 Å². The van der Waals surface area contributed by atoms with E-state index in [-0.39, 0.29) is 24.9 Å². The van der Waals surface area contributed by atoms with Crippen molar-refractivity contribution in [1.29, 1.82) is 0 Å². The van der Waals surface area contributed by atoms with Gasteiger partial charge in [-0.2, -0.15) is 0 Å². The van der Waals surface area contributed by atoms with E-state index in [9.17, 15) is 5.11 Å². The monoisotopic (exact) mass is 502 g/mol. The zero-order valence-corrected chi connectivity index (χ0v) is 23.0. The third-order valence-corrected chi connectivity index (χ3v) is 6.86. The minimum absolute atomic E-state index is 0.144. The van der Waals surface area contributed by atoms with E-state index in [0.29, 0.717) is 11.9 Å². The lowest BCUT2D eigenvalue weighted by atomic mass is 9.99. The summed E-state index contributed by atoms with van der Waals surface area (Å²) in [6.45, 7) is 19.7. The molecule has 1 rings (SSSR count). The molecule has 0 radical (unpaired) electrons. The van der Waals surface area contributed by atoms with Crippen molar-refractivity contribution in [2.24, 2.45) is 0 Å². The van der Waals surface area contributed by atoms with Crippen LogP contribution in [-0.4, -0.2) is 79.3 Å². The fraction of sp³-hybridized carbons (Fsp3) is 1.00. The summed E-state index contributed by atoms with van der Waals surface area (Å²) >= 11 is 3.40. The van der Waals surface area contributed by atoms with Crippen molar-refractivity contribution in [1.82, 2.24) is 0 Å². The van der Waals surface area contributed by atoms with E-state index in [1.807, 2.05) is 0 Å². The van der Waals surface area contributed by atoms with Gasteiger partial charge >= 0.3 is 0 Å². The van der Waals surface area contributed by atoms with Gasteiger partial charge in [-0.1, -0.05) is 15.9 Å². The van der Waals surface area contributed by atoms with Crippen molar-refractivity contribution in [3.8, 4) is 0 Å². The minimum Gasteiger partial charge on any atom is -0.409 e. The molecular weight excluding hydrogens is 464 g/mol. The van der Waals surface area contributed by atoms with Crippen LogP contribution >= 0.6 is 15.9 Å². The van der Waals surface area contributed by atoms with Crippen LogP contribution in [0.4, 0.5) is 0 Å². The first-order chi connectivity index (χ1) is 12.2. The van der Waals surface area contributed by atoms with Gasteiger partial charge in [0.15, 0.2) is 31.2 Å². The fourth-order valence-corrected chi connectivity index (χ4v) is 6.38. The van der Waals surface area contributed by atoms with Crippen molar-refractivity contribution >= 4 is 40.9 Å². The van der Waals surface area contributed by atoms with Crippen molar-refractivity contribution in [3.63, 3.8) is 0 Å². The van der Waals surface area contributed by atoms with Gasteiger partial charge in [0, 0.05) is 5.33 Å². The van der Waals surface area contributed by atoms with Gasteiger partial charge < -0.3 is 27.9 Å². The molecule has 1 fully saturated rings. The topological polar surface area (TPSA) is 66.4 Å². The molecule has 1 saturated heterocycles. The largest absolute Gasteiger partial charge is 0.409 e. The molecule has 27 heavy (non-hydrogen) atoms. The highest BCUT2D eigenvalue weighted by Gasteiger charge is 2.51. The molecule has 10 heteroatoms. The van der Waals surface area contributed by atoms with Crippen LogP contribution in [0.1, 0.15) is 0 Å². The van der Waals surface area contributed by atoms with E-state index < -0.39 is 37.3 Å². The van der Waals surface area contributed by atoms with E-state index in [1.165, 1.54) is 0 Å². The van der Waals surface area contributed by atoms with Gasteiger partial charge in [-0.05, 0) is 58.9 Å². The Bertz CT molecular complexity index is 449. The van der Waals surface area contributed by atoms with Crippen LogP contribution in [0.25, 0.3) is 0 Å². The van der Waals surface area contributed by atoms with Crippen molar-refractivity contribution in [2.45, 2.75) is 89.6 Å². The van der Waals surface area contributed by atoms with Crippen LogP contribution < -0.4 is 0 Å². The zero-order chi connectivity index (χ0) is 21.0.